The third-order valence-electron chi connectivity index (χ3n) is 6.23. The van der Waals surface area contributed by atoms with Crippen LogP contribution in [0.1, 0.15) is 23.5 Å². The predicted molar refractivity (Wildman–Crippen MR) is 114 cm³/mol. The van der Waals surface area contributed by atoms with Gasteiger partial charge in [-0.2, -0.15) is 0 Å². The SMILES string of the molecule is CN1Cc2nnc(-c3ccc(F)cc3)n2C2(CCN(C(=O)Cc3cccs3)CC2)C1. The summed E-state index contributed by atoms with van der Waals surface area (Å²) in [5.41, 5.74) is 0.713. The molecule has 2 aliphatic heterocycles. The molecule has 1 aromatic carbocycles. The van der Waals surface area contributed by atoms with E-state index in [0.29, 0.717) is 6.42 Å². The molecule has 0 aliphatic carbocycles. The van der Waals surface area contributed by atoms with Gasteiger partial charge in [0.15, 0.2) is 5.82 Å². The summed E-state index contributed by atoms with van der Waals surface area (Å²) in [6.07, 6.45) is 2.18. The van der Waals surface area contributed by atoms with Crippen LogP contribution in [0.4, 0.5) is 4.39 Å². The molecule has 1 saturated heterocycles. The molecule has 5 rings (SSSR count). The van der Waals surface area contributed by atoms with E-state index >= 15 is 0 Å². The normalized spacial score (nSPS) is 18.5. The highest BCUT2D eigenvalue weighted by atomic mass is 32.1. The fourth-order valence-corrected chi connectivity index (χ4v) is 5.50. The van der Waals surface area contributed by atoms with Crippen molar-refractivity contribution in [1.29, 1.82) is 0 Å². The van der Waals surface area contributed by atoms with Crippen LogP contribution in [0.5, 0.6) is 0 Å². The van der Waals surface area contributed by atoms with E-state index < -0.39 is 0 Å². The Balaban J connectivity index is 1.41. The molecule has 2 aromatic heterocycles. The van der Waals surface area contributed by atoms with Crippen molar-refractivity contribution in [3.63, 3.8) is 0 Å². The number of hydrogen-bond acceptors (Lipinski definition) is 5. The number of amides is 1. The van der Waals surface area contributed by atoms with E-state index in [2.05, 4.69) is 26.7 Å². The third-order valence-corrected chi connectivity index (χ3v) is 7.11. The quantitative estimate of drug-likeness (QED) is 0.647. The zero-order valence-corrected chi connectivity index (χ0v) is 17.7. The number of likely N-dealkylation sites (N-methyl/N-ethyl adjacent to an activating group) is 1. The van der Waals surface area contributed by atoms with E-state index in [0.717, 1.165) is 61.1 Å². The molecule has 1 amide bonds. The van der Waals surface area contributed by atoms with E-state index in [1.807, 2.05) is 22.4 Å². The van der Waals surface area contributed by atoms with Crippen molar-refractivity contribution in [2.24, 2.45) is 0 Å². The number of likely N-dealkylation sites (tertiary alicyclic amines) is 1. The fraction of sp³-hybridized carbons (Fsp3) is 0.409. The van der Waals surface area contributed by atoms with Crippen LogP contribution in [0, 0.1) is 5.82 Å². The van der Waals surface area contributed by atoms with Crippen LogP contribution in [-0.4, -0.2) is 57.2 Å². The molecule has 0 saturated carbocycles. The highest BCUT2D eigenvalue weighted by Gasteiger charge is 2.44. The number of benzene rings is 1. The molecule has 3 aromatic rings. The molecule has 0 N–H and O–H groups in total. The summed E-state index contributed by atoms with van der Waals surface area (Å²) in [7, 11) is 2.10. The van der Waals surface area contributed by atoms with Crippen LogP contribution >= 0.6 is 11.3 Å². The summed E-state index contributed by atoms with van der Waals surface area (Å²) in [4.78, 5) is 18.1. The standard InChI is InChI=1S/C22H24FN5OS/c1-26-14-19-24-25-21(16-4-6-17(23)7-5-16)28(19)22(15-26)8-10-27(11-9-22)20(29)13-18-3-2-12-30-18/h2-7,12H,8-11,13-15H2,1H3. The van der Waals surface area contributed by atoms with Gasteiger partial charge in [-0.25, -0.2) is 4.39 Å². The Hall–Kier alpha value is -2.58. The lowest BCUT2D eigenvalue weighted by atomic mass is 9.84. The Morgan fingerprint density at radius 1 is 1.17 bits per heavy atom. The van der Waals surface area contributed by atoms with Crippen LogP contribution in [0.2, 0.25) is 0 Å². The largest absolute Gasteiger partial charge is 0.342 e. The number of hydrogen-bond donors (Lipinski definition) is 0. The van der Waals surface area contributed by atoms with Gasteiger partial charge in [0.1, 0.15) is 11.6 Å². The first-order valence-corrected chi connectivity index (χ1v) is 11.1. The molecule has 0 bridgehead atoms. The molecule has 156 valence electrons. The molecule has 30 heavy (non-hydrogen) atoms. The Bertz CT molecular complexity index is 1040. The molecule has 2 aliphatic rings. The van der Waals surface area contributed by atoms with Crippen LogP contribution in [0.25, 0.3) is 11.4 Å². The lowest BCUT2D eigenvalue weighted by Gasteiger charge is -2.48. The van der Waals surface area contributed by atoms with Crippen LogP contribution in [-0.2, 0) is 23.3 Å². The average molecular weight is 426 g/mol. The Labute approximate surface area is 178 Å². The minimum atomic E-state index is -0.260. The summed E-state index contributed by atoms with van der Waals surface area (Å²) in [6.45, 7) is 3.06. The summed E-state index contributed by atoms with van der Waals surface area (Å²) >= 11 is 1.63. The van der Waals surface area contributed by atoms with Crippen molar-refractivity contribution in [3.8, 4) is 11.4 Å². The number of carbonyl (C=O) groups is 1. The first-order chi connectivity index (χ1) is 14.5. The first-order valence-electron chi connectivity index (χ1n) is 10.2. The second-order valence-electron chi connectivity index (χ2n) is 8.32. The number of fused-ring (bicyclic) bond motifs is 2. The monoisotopic (exact) mass is 425 g/mol. The smallest absolute Gasteiger partial charge is 0.227 e. The Kier molecular flexibility index (Phi) is 4.91. The fourth-order valence-electron chi connectivity index (χ4n) is 4.80. The number of thiophene rings is 1. The third kappa shape index (κ3) is 3.44. The second kappa shape index (κ2) is 7.59. The minimum absolute atomic E-state index is 0.157. The van der Waals surface area contributed by atoms with E-state index in [4.69, 9.17) is 0 Å². The van der Waals surface area contributed by atoms with Crippen LogP contribution in [0.15, 0.2) is 41.8 Å². The van der Waals surface area contributed by atoms with Gasteiger partial charge in [0, 0.05) is 30.1 Å². The molecule has 6 nitrogen and oxygen atoms in total. The number of nitrogens with zero attached hydrogens (tertiary/aromatic N) is 5. The van der Waals surface area contributed by atoms with Crippen molar-refractivity contribution >= 4 is 17.2 Å². The number of halogens is 1. The number of carbonyl (C=O) groups excluding carboxylic acids is 1. The first kappa shape index (κ1) is 19.4. The molecule has 0 unspecified atom stereocenters. The molecule has 4 heterocycles. The minimum Gasteiger partial charge on any atom is -0.342 e. The van der Waals surface area contributed by atoms with Crippen molar-refractivity contribution in [3.05, 3.63) is 58.3 Å². The summed E-state index contributed by atoms with van der Waals surface area (Å²) in [5, 5.41) is 10.9. The van der Waals surface area contributed by atoms with Gasteiger partial charge in [-0.15, -0.1) is 21.5 Å². The van der Waals surface area contributed by atoms with Gasteiger partial charge in [0.25, 0.3) is 0 Å². The van der Waals surface area contributed by atoms with Crippen molar-refractivity contribution < 1.29 is 9.18 Å². The van der Waals surface area contributed by atoms with Gasteiger partial charge in [-0.1, -0.05) is 6.07 Å². The maximum atomic E-state index is 13.4. The molecule has 0 radical (unpaired) electrons. The number of aromatic nitrogens is 3. The average Bonchev–Trinajstić information content (AvgIpc) is 3.39. The van der Waals surface area contributed by atoms with Gasteiger partial charge in [-0.05, 0) is 55.6 Å². The highest BCUT2D eigenvalue weighted by Crippen LogP contribution is 2.39. The predicted octanol–water partition coefficient (Wildman–Crippen LogP) is 3.15. The molecular formula is C22H24FN5OS. The number of rotatable bonds is 3. The summed E-state index contributed by atoms with van der Waals surface area (Å²) < 4.78 is 15.7. The zero-order valence-electron chi connectivity index (χ0n) is 16.9. The molecular weight excluding hydrogens is 401 g/mol. The zero-order chi connectivity index (χ0) is 20.7. The number of piperidine rings is 1. The van der Waals surface area contributed by atoms with Crippen molar-refractivity contribution in [1.82, 2.24) is 24.6 Å². The Morgan fingerprint density at radius 2 is 1.93 bits per heavy atom. The van der Waals surface area contributed by atoms with Crippen molar-refractivity contribution in [2.75, 3.05) is 26.7 Å². The summed E-state index contributed by atoms with van der Waals surface area (Å²) in [5.74, 6) is 1.65. The van der Waals surface area contributed by atoms with Crippen LogP contribution < -0.4 is 0 Å². The van der Waals surface area contributed by atoms with Crippen LogP contribution in [0.3, 0.4) is 0 Å². The highest BCUT2D eigenvalue weighted by molar-refractivity contribution is 7.10. The maximum absolute atomic E-state index is 13.4. The van der Waals surface area contributed by atoms with E-state index in [1.165, 1.54) is 12.1 Å². The lowest BCUT2D eigenvalue weighted by Crippen LogP contribution is -2.56. The van der Waals surface area contributed by atoms with Gasteiger partial charge >= 0.3 is 0 Å². The van der Waals surface area contributed by atoms with Gasteiger partial charge in [-0.3, -0.25) is 9.69 Å². The van der Waals surface area contributed by atoms with Gasteiger partial charge in [0.05, 0.1) is 18.5 Å². The second-order valence-corrected chi connectivity index (χ2v) is 9.35. The molecule has 1 fully saturated rings. The lowest BCUT2D eigenvalue weighted by molar-refractivity contribution is -0.132. The van der Waals surface area contributed by atoms with E-state index in [-0.39, 0.29) is 17.3 Å². The molecule has 1 spiro atoms. The maximum Gasteiger partial charge on any atom is 0.227 e. The summed E-state index contributed by atoms with van der Waals surface area (Å²) in [6, 6.07) is 10.5. The Morgan fingerprint density at radius 3 is 2.63 bits per heavy atom. The van der Waals surface area contributed by atoms with Gasteiger partial charge < -0.3 is 9.47 Å². The van der Waals surface area contributed by atoms with Crippen molar-refractivity contribution in [2.45, 2.75) is 31.3 Å². The van der Waals surface area contributed by atoms with E-state index in [1.54, 1.807) is 23.5 Å². The topological polar surface area (TPSA) is 54.3 Å². The van der Waals surface area contributed by atoms with E-state index in [9.17, 15) is 9.18 Å². The molecule has 8 heteroatoms. The molecule has 0 atom stereocenters. The van der Waals surface area contributed by atoms with Gasteiger partial charge in [0.2, 0.25) is 5.91 Å².